The van der Waals surface area contributed by atoms with Gasteiger partial charge in [0.25, 0.3) is 0 Å². The molecule has 0 aliphatic rings. The first-order valence-corrected chi connectivity index (χ1v) is 10.2. The molecule has 1 aromatic rings. The van der Waals surface area contributed by atoms with Crippen LogP contribution in [0.4, 0.5) is 0 Å². The minimum Gasteiger partial charge on any atom is -0.492 e. The second-order valence-corrected chi connectivity index (χ2v) is 7.12. The van der Waals surface area contributed by atoms with Gasteiger partial charge in [0.1, 0.15) is 24.6 Å². The van der Waals surface area contributed by atoms with E-state index in [1.54, 1.807) is 4.90 Å². The first kappa shape index (κ1) is 25.5. The van der Waals surface area contributed by atoms with Crippen molar-refractivity contribution in [2.45, 2.75) is 35.9 Å². The number of aliphatic hydroxyl groups is 6. The molecular weight excluding hydrogens is 406 g/mol. The highest BCUT2D eigenvalue weighted by molar-refractivity contribution is 7.79. The van der Waals surface area contributed by atoms with Crippen LogP contribution < -0.4 is 4.74 Å². The van der Waals surface area contributed by atoms with E-state index in [0.29, 0.717) is 17.3 Å². The van der Waals surface area contributed by atoms with E-state index in [1.807, 2.05) is 18.2 Å². The van der Waals surface area contributed by atoms with Crippen molar-refractivity contribution in [3.63, 3.8) is 0 Å². The average Bonchev–Trinajstić information content (AvgIpc) is 2.71. The molecule has 0 heterocycles. The summed E-state index contributed by atoms with van der Waals surface area (Å²) in [6.07, 6.45) is -5.13. The summed E-state index contributed by atoms with van der Waals surface area (Å²) in [4.78, 5) is 1.58. The Bertz CT molecular complexity index is 549. The zero-order valence-corrected chi connectivity index (χ0v) is 17.4. The highest BCUT2D eigenvalue weighted by Gasteiger charge is 2.23. The largest absolute Gasteiger partial charge is 0.492 e. The van der Waals surface area contributed by atoms with Gasteiger partial charge in [-0.25, -0.2) is 0 Å². The third kappa shape index (κ3) is 8.44. The molecule has 0 bridgehead atoms. The van der Waals surface area contributed by atoms with Crippen molar-refractivity contribution in [2.24, 2.45) is 0 Å². The van der Waals surface area contributed by atoms with Crippen LogP contribution in [0.2, 0.25) is 0 Å². The number of benzene rings is 1. The molecular formula is C18H31NO7S2. The van der Waals surface area contributed by atoms with Crippen LogP contribution in [0.15, 0.2) is 18.2 Å². The van der Waals surface area contributed by atoms with Crippen molar-refractivity contribution in [1.82, 2.24) is 4.90 Å². The van der Waals surface area contributed by atoms with Crippen molar-refractivity contribution >= 4 is 25.3 Å². The molecule has 0 aromatic heterocycles. The molecule has 0 fully saturated rings. The predicted octanol–water partition coefficient (Wildman–Crippen LogP) is -1.34. The predicted molar refractivity (Wildman–Crippen MR) is 112 cm³/mol. The highest BCUT2D eigenvalue weighted by atomic mass is 32.1. The normalized spacial score (nSPS) is 16.0. The number of rotatable bonds is 14. The number of thiol groups is 2. The Hall–Kier alpha value is -0.560. The molecule has 1 aromatic carbocycles. The number of hydrogen-bond donors (Lipinski definition) is 8. The molecule has 0 spiro atoms. The number of ether oxygens (including phenoxy) is 1. The van der Waals surface area contributed by atoms with Crippen LogP contribution in [-0.4, -0.2) is 99.4 Å². The summed E-state index contributed by atoms with van der Waals surface area (Å²) in [5, 5.41) is 56.9. The molecule has 28 heavy (non-hydrogen) atoms. The molecule has 162 valence electrons. The molecule has 0 aliphatic carbocycles. The molecule has 0 saturated carbocycles. The van der Waals surface area contributed by atoms with Crippen LogP contribution >= 0.6 is 25.3 Å². The SMILES string of the molecule is OC[C@@H](O)[C@@H](O)CN(CCOc1ccc(CS)c(CS)c1)C[C@H](O)[C@H](O)CO. The van der Waals surface area contributed by atoms with Crippen molar-refractivity contribution < 1.29 is 35.4 Å². The van der Waals surface area contributed by atoms with Crippen molar-refractivity contribution in [3.8, 4) is 5.75 Å². The minimum atomic E-state index is -1.32. The molecule has 1 rings (SSSR count). The van der Waals surface area contributed by atoms with Gasteiger partial charge in [0, 0.05) is 31.1 Å². The third-order valence-corrected chi connectivity index (χ3v) is 5.03. The maximum Gasteiger partial charge on any atom is 0.119 e. The van der Waals surface area contributed by atoms with Crippen LogP contribution in [0.25, 0.3) is 0 Å². The Kier molecular flexibility index (Phi) is 12.4. The van der Waals surface area contributed by atoms with Gasteiger partial charge in [0.05, 0.1) is 25.4 Å². The zero-order valence-electron chi connectivity index (χ0n) is 15.6. The van der Waals surface area contributed by atoms with E-state index in [2.05, 4.69) is 25.3 Å². The lowest BCUT2D eigenvalue weighted by Crippen LogP contribution is -2.47. The van der Waals surface area contributed by atoms with Crippen LogP contribution in [-0.2, 0) is 11.5 Å². The Balaban J connectivity index is 2.69. The van der Waals surface area contributed by atoms with Gasteiger partial charge in [0.2, 0.25) is 0 Å². The second-order valence-electron chi connectivity index (χ2n) is 6.49. The summed E-state index contributed by atoms with van der Waals surface area (Å²) < 4.78 is 5.73. The van der Waals surface area contributed by atoms with Gasteiger partial charge in [-0.15, -0.1) is 0 Å². The molecule has 0 unspecified atom stereocenters. The fourth-order valence-corrected chi connectivity index (χ4v) is 3.16. The summed E-state index contributed by atoms with van der Waals surface area (Å²) in [6, 6.07) is 5.60. The molecule has 8 nitrogen and oxygen atoms in total. The number of aliphatic hydroxyl groups excluding tert-OH is 6. The summed E-state index contributed by atoms with van der Waals surface area (Å²) in [6.45, 7) is -0.818. The third-order valence-electron chi connectivity index (χ3n) is 4.35. The first-order valence-electron chi connectivity index (χ1n) is 8.98. The van der Waals surface area contributed by atoms with Gasteiger partial charge in [0.15, 0.2) is 0 Å². The molecule has 6 N–H and O–H groups in total. The number of nitrogens with zero attached hydrogens (tertiary/aromatic N) is 1. The maximum absolute atomic E-state index is 9.94. The summed E-state index contributed by atoms with van der Waals surface area (Å²) >= 11 is 8.57. The Labute approximate surface area is 176 Å². The first-order chi connectivity index (χ1) is 13.4. The molecule has 0 radical (unpaired) electrons. The molecule has 0 aliphatic heterocycles. The van der Waals surface area contributed by atoms with Crippen molar-refractivity contribution in [3.05, 3.63) is 29.3 Å². The van der Waals surface area contributed by atoms with Crippen LogP contribution in [0.1, 0.15) is 11.1 Å². The van der Waals surface area contributed by atoms with E-state index in [-0.39, 0.29) is 26.2 Å². The van der Waals surface area contributed by atoms with Gasteiger partial charge in [-0.1, -0.05) is 6.07 Å². The molecule has 0 amide bonds. The quantitative estimate of drug-likeness (QED) is 0.168. The van der Waals surface area contributed by atoms with E-state index < -0.39 is 37.6 Å². The van der Waals surface area contributed by atoms with E-state index in [9.17, 15) is 20.4 Å². The van der Waals surface area contributed by atoms with Crippen LogP contribution in [0, 0.1) is 0 Å². The van der Waals surface area contributed by atoms with Crippen LogP contribution in [0.5, 0.6) is 5.75 Å². The molecule has 4 atom stereocenters. The van der Waals surface area contributed by atoms with Gasteiger partial charge < -0.3 is 35.4 Å². The average molecular weight is 438 g/mol. The van der Waals surface area contributed by atoms with Gasteiger partial charge in [-0.3, -0.25) is 4.90 Å². The standard InChI is InChI=1S/C18H31NO7S2/c20-8-17(24)15(22)6-19(7-16(23)18(25)9-21)3-4-26-14-2-1-12(10-27)13(5-14)11-28/h1-2,5,15-18,20-25,27-28H,3-4,6-11H2/t15-,16-,17+,18+/m0/s1. The lowest BCUT2D eigenvalue weighted by atomic mass is 10.1. The summed E-state index contributed by atoms with van der Waals surface area (Å²) in [5.41, 5.74) is 2.07. The zero-order chi connectivity index (χ0) is 21.1. The topological polar surface area (TPSA) is 134 Å². The van der Waals surface area contributed by atoms with Crippen molar-refractivity contribution in [1.29, 1.82) is 0 Å². The van der Waals surface area contributed by atoms with Gasteiger partial charge in [-0.05, 0) is 23.3 Å². The maximum atomic E-state index is 9.94. The molecule has 0 saturated heterocycles. The van der Waals surface area contributed by atoms with Gasteiger partial charge in [-0.2, -0.15) is 25.3 Å². The summed E-state index contributed by atoms with van der Waals surface area (Å²) in [7, 11) is 0. The Morgan fingerprint density at radius 3 is 1.82 bits per heavy atom. The fourth-order valence-electron chi connectivity index (χ4n) is 2.56. The number of hydrogen-bond acceptors (Lipinski definition) is 10. The lowest BCUT2D eigenvalue weighted by Gasteiger charge is -2.29. The molecule has 10 heteroatoms. The summed E-state index contributed by atoms with van der Waals surface area (Å²) in [5.74, 6) is 1.79. The second kappa shape index (κ2) is 13.6. The lowest BCUT2D eigenvalue weighted by molar-refractivity contribution is -0.0551. The van der Waals surface area contributed by atoms with E-state index in [0.717, 1.165) is 11.1 Å². The highest BCUT2D eigenvalue weighted by Crippen LogP contribution is 2.21. The van der Waals surface area contributed by atoms with E-state index in [4.69, 9.17) is 14.9 Å². The van der Waals surface area contributed by atoms with Crippen molar-refractivity contribution in [2.75, 3.05) is 39.5 Å². The van der Waals surface area contributed by atoms with E-state index in [1.165, 1.54) is 0 Å². The smallest absolute Gasteiger partial charge is 0.119 e. The Morgan fingerprint density at radius 2 is 1.36 bits per heavy atom. The fraction of sp³-hybridized carbons (Fsp3) is 0.667. The Morgan fingerprint density at radius 1 is 0.821 bits per heavy atom. The monoisotopic (exact) mass is 437 g/mol. The minimum absolute atomic E-state index is 0.0548. The van der Waals surface area contributed by atoms with E-state index >= 15 is 0 Å². The van der Waals surface area contributed by atoms with Gasteiger partial charge >= 0.3 is 0 Å². The van der Waals surface area contributed by atoms with Crippen LogP contribution in [0.3, 0.4) is 0 Å².